The van der Waals surface area contributed by atoms with E-state index in [1.165, 1.54) is 11.3 Å². The van der Waals surface area contributed by atoms with Gasteiger partial charge >= 0.3 is 0 Å². The summed E-state index contributed by atoms with van der Waals surface area (Å²) in [5.74, 6) is 0.547. The molecule has 2 N–H and O–H groups in total. The molecule has 1 atom stereocenters. The second-order valence-corrected chi connectivity index (χ2v) is 4.88. The van der Waals surface area contributed by atoms with Gasteiger partial charge in [0.2, 0.25) is 0 Å². The molecule has 2 aromatic rings. The van der Waals surface area contributed by atoms with Crippen LogP contribution in [-0.4, -0.2) is 34.0 Å². The Morgan fingerprint density at radius 3 is 2.94 bits per heavy atom. The zero-order chi connectivity index (χ0) is 12.4. The minimum atomic E-state index is -1.32. The zero-order valence-electron chi connectivity index (χ0n) is 9.58. The molecule has 1 aliphatic rings. The average molecular weight is 260 g/mol. The molecule has 1 aliphatic heterocycles. The van der Waals surface area contributed by atoms with Crippen LogP contribution < -0.4 is 5.32 Å². The summed E-state index contributed by atoms with van der Waals surface area (Å²) in [5, 5.41) is 16.1. The highest BCUT2D eigenvalue weighted by Gasteiger charge is 2.41. The van der Waals surface area contributed by atoms with Crippen LogP contribution in [-0.2, 0) is 5.60 Å². The van der Waals surface area contributed by atoms with Gasteiger partial charge in [-0.15, -0.1) is 11.3 Å². The molecule has 2 aromatic heterocycles. The summed E-state index contributed by atoms with van der Waals surface area (Å²) in [4.78, 5) is 13.4. The average Bonchev–Trinajstić information content (AvgIpc) is 3.12. The topological polar surface area (TPSA) is 70.4 Å². The summed E-state index contributed by atoms with van der Waals surface area (Å²) in [6.07, 6.45) is 4.73. The Bertz CT molecular complexity index is 555. The molecule has 0 saturated heterocycles. The lowest BCUT2D eigenvalue weighted by Gasteiger charge is -2.26. The van der Waals surface area contributed by atoms with Gasteiger partial charge in [0.1, 0.15) is 11.5 Å². The first kappa shape index (κ1) is 11.3. The Balaban J connectivity index is 2.15. The number of thiophene rings is 1. The summed E-state index contributed by atoms with van der Waals surface area (Å²) < 4.78 is 0. The van der Waals surface area contributed by atoms with Gasteiger partial charge in [-0.05, 0) is 11.4 Å². The molecule has 3 heterocycles. The van der Waals surface area contributed by atoms with Crippen molar-refractivity contribution >= 4 is 17.2 Å². The lowest BCUT2D eigenvalue weighted by Crippen LogP contribution is -2.43. The Kier molecular flexibility index (Phi) is 2.81. The van der Waals surface area contributed by atoms with Gasteiger partial charge in [0.05, 0.1) is 17.6 Å². The van der Waals surface area contributed by atoms with Crippen molar-refractivity contribution in [2.45, 2.75) is 5.60 Å². The van der Waals surface area contributed by atoms with Crippen molar-refractivity contribution < 1.29 is 5.11 Å². The summed E-state index contributed by atoms with van der Waals surface area (Å²) in [5.41, 5.74) is -0.834. The largest absolute Gasteiger partial charge is 0.371 e. The molecule has 3 rings (SSSR count). The number of amidine groups is 1. The van der Waals surface area contributed by atoms with Gasteiger partial charge in [-0.1, -0.05) is 6.07 Å². The number of aliphatic hydroxyl groups is 1. The first-order chi connectivity index (χ1) is 8.82. The Morgan fingerprint density at radius 1 is 1.39 bits per heavy atom. The normalized spacial score (nSPS) is 17.9. The summed E-state index contributed by atoms with van der Waals surface area (Å²) in [6, 6.07) is 3.78. The molecule has 0 saturated carbocycles. The lowest BCUT2D eigenvalue weighted by molar-refractivity contribution is 0.151. The van der Waals surface area contributed by atoms with Gasteiger partial charge in [0.25, 0.3) is 0 Å². The van der Waals surface area contributed by atoms with Crippen LogP contribution >= 0.6 is 11.3 Å². The van der Waals surface area contributed by atoms with Gasteiger partial charge in [-0.25, -0.2) is 0 Å². The summed E-state index contributed by atoms with van der Waals surface area (Å²) in [6.45, 7) is 1.41. The molecule has 0 bridgehead atoms. The van der Waals surface area contributed by atoms with E-state index < -0.39 is 5.60 Å². The zero-order valence-corrected chi connectivity index (χ0v) is 10.4. The van der Waals surface area contributed by atoms with Crippen molar-refractivity contribution in [3.8, 4) is 0 Å². The highest BCUT2D eigenvalue weighted by atomic mass is 32.1. The predicted molar refractivity (Wildman–Crippen MR) is 69.7 cm³/mol. The first-order valence-corrected chi connectivity index (χ1v) is 6.51. The van der Waals surface area contributed by atoms with E-state index >= 15 is 0 Å². The third kappa shape index (κ3) is 1.70. The predicted octanol–water partition coefficient (Wildman–Crippen LogP) is 0.776. The van der Waals surface area contributed by atoms with E-state index in [-0.39, 0.29) is 0 Å². The SMILES string of the molecule is OC(C1=NCCN1)(c1cnccn1)c1cccs1. The van der Waals surface area contributed by atoms with E-state index in [2.05, 4.69) is 20.3 Å². The highest BCUT2D eigenvalue weighted by molar-refractivity contribution is 7.10. The third-order valence-electron chi connectivity index (χ3n) is 2.83. The molecule has 0 spiro atoms. The second-order valence-electron chi connectivity index (χ2n) is 3.94. The van der Waals surface area contributed by atoms with E-state index in [9.17, 15) is 5.11 Å². The van der Waals surface area contributed by atoms with Crippen LogP contribution in [0.1, 0.15) is 10.6 Å². The number of hydrogen-bond donors (Lipinski definition) is 2. The monoisotopic (exact) mass is 260 g/mol. The fraction of sp³-hybridized carbons (Fsp3) is 0.250. The summed E-state index contributed by atoms with van der Waals surface area (Å²) >= 11 is 1.47. The van der Waals surface area contributed by atoms with Crippen molar-refractivity contribution in [2.24, 2.45) is 4.99 Å². The van der Waals surface area contributed by atoms with Crippen molar-refractivity contribution in [2.75, 3.05) is 13.1 Å². The van der Waals surface area contributed by atoms with Crippen LogP contribution in [0.2, 0.25) is 0 Å². The molecule has 0 fully saturated rings. The van der Waals surface area contributed by atoms with Crippen molar-refractivity contribution in [3.05, 3.63) is 46.7 Å². The quantitative estimate of drug-likeness (QED) is 0.855. The van der Waals surface area contributed by atoms with Crippen molar-refractivity contribution in [1.29, 1.82) is 0 Å². The van der Waals surface area contributed by atoms with Crippen LogP contribution in [0, 0.1) is 0 Å². The molecule has 5 nitrogen and oxygen atoms in total. The number of rotatable bonds is 3. The maximum Gasteiger partial charge on any atom is 0.200 e. The van der Waals surface area contributed by atoms with Gasteiger partial charge in [-0.3, -0.25) is 15.0 Å². The van der Waals surface area contributed by atoms with E-state index in [1.807, 2.05) is 17.5 Å². The minimum absolute atomic E-state index is 0.487. The molecule has 0 aromatic carbocycles. The molecular weight excluding hydrogens is 248 g/mol. The fourth-order valence-corrected chi connectivity index (χ4v) is 2.81. The smallest absolute Gasteiger partial charge is 0.200 e. The molecule has 0 aliphatic carbocycles. The van der Waals surface area contributed by atoms with E-state index in [4.69, 9.17) is 0 Å². The standard InChI is InChI=1S/C12H12N4OS/c17-12(10-2-1-7-18-10,11-15-5-6-16-11)9-8-13-3-4-14-9/h1-4,7-8,17H,5-6H2,(H,15,16). The third-order valence-corrected chi connectivity index (χ3v) is 3.81. The molecular formula is C12H12N4OS. The maximum atomic E-state index is 11.1. The van der Waals surface area contributed by atoms with Gasteiger partial charge in [-0.2, -0.15) is 0 Å². The van der Waals surface area contributed by atoms with E-state index in [0.717, 1.165) is 11.4 Å². The lowest BCUT2D eigenvalue weighted by atomic mass is 9.96. The minimum Gasteiger partial charge on any atom is -0.371 e. The van der Waals surface area contributed by atoms with Crippen LogP contribution in [0.3, 0.4) is 0 Å². The molecule has 0 amide bonds. The number of nitrogens with one attached hydrogen (secondary N) is 1. The first-order valence-electron chi connectivity index (χ1n) is 5.63. The van der Waals surface area contributed by atoms with Crippen molar-refractivity contribution in [3.63, 3.8) is 0 Å². The van der Waals surface area contributed by atoms with E-state index in [0.29, 0.717) is 18.1 Å². The molecule has 1 unspecified atom stereocenters. The Morgan fingerprint density at radius 2 is 2.33 bits per heavy atom. The number of hydrogen-bond acceptors (Lipinski definition) is 6. The van der Waals surface area contributed by atoms with Crippen LogP contribution in [0.4, 0.5) is 0 Å². The number of aliphatic imine (C=N–C) groups is 1. The highest BCUT2D eigenvalue weighted by Crippen LogP contribution is 2.32. The van der Waals surface area contributed by atoms with Gasteiger partial charge in [0.15, 0.2) is 5.60 Å². The number of aromatic nitrogens is 2. The Labute approximate surface area is 108 Å². The maximum absolute atomic E-state index is 11.1. The van der Waals surface area contributed by atoms with Gasteiger partial charge < -0.3 is 10.4 Å². The van der Waals surface area contributed by atoms with Crippen LogP contribution in [0.15, 0.2) is 41.1 Å². The molecule has 6 heteroatoms. The van der Waals surface area contributed by atoms with Crippen LogP contribution in [0.5, 0.6) is 0 Å². The molecule has 0 radical (unpaired) electrons. The number of nitrogens with zero attached hydrogens (tertiary/aromatic N) is 3. The van der Waals surface area contributed by atoms with Gasteiger partial charge in [0, 0.05) is 18.9 Å². The second kappa shape index (κ2) is 4.47. The van der Waals surface area contributed by atoms with E-state index in [1.54, 1.807) is 18.6 Å². The Hall–Kier alpha value is -1.79. The molecule has 18 heavy (non-hydrogen) atoms. The summed E-state index contributed by atoms with van der Waals surface area (Å²) in [7, 11) is 0. The fourth-order valence-electron chi connectivity index (χ4n) is 1.97. The van der Waals surface area contributed by atoms with Crippen molar-refractivity contribution in [1.82, 2.24) is 15.3 Å². The molecule has 92 valence electrons. The van der Waals surface area contributed by atoms with Crippen LogP contribution in [0.25, 0.3) is 0 Å².